The Morgan fingerprint density at radius 1 is 1.14 bits per heavy atom. The highest BCUT2D eigenvalue weighted by Crippen LogP contribution is 2.24. The van der Waals surface area contributed by atoms with E-state index in [1.807, 2.05) is 0 Å². The number of hydrogen-bond donors (Lipinski definition) is 5. The fourth-order valence-corrected chi connectivity index (χ4v) is 2.12. The van der Waals surface area contributed by atoms with Crippen LogP contribution in [-0.4, -0.2) is 68.8 Å². The van der Waals surface area contributed by atoms with Gasteiger partial charge in [0.25, 0.3) is 0 Å². The third-order valence-electron chi connectivity index (χ3n) is 3.42. The lowest BCUT2D eigenvalue weighted by Gasteiger charge is -2.39. The summed E-state index contributed by atoms with van der Waals surface area (Å²) < 4.78 is 9.85. The monoisotopic (exact) mass is 314 g/mol. The quantitative estimate of drug-likeness (QED) is 0.405. The van der Waals surface area contributed by atoms with E-state index in [2.05, 4.69) is 0 Å². The predicted octanol–water partition coefficient (Wildman–Crippen LogP) is -1.94. The fourth-order valence-electron chi connectivity index (χ4n) is 2.12. The lowest BCUT2D eigenvalue weighted by molar-refractivity contribution is -0.294. The van der Waals surface area contributed by atoms with E-state index in [-0.39, 0.29) is 5.56 Å². The maximum Gasteiger partial charge on any atom is 0.342 e. The van der Waals surface area contributed by atoms with Gasteiger partial charge in [-0.05, 0) is 5.56 Å². The number of rotatable bonds is 4. The van der Waals surface area contributed by atoms with Crippen LogP contribution >= 0.6 is 0 Å². The van der Waals surface area contributed by atoms with Gasteiger partial charge in [0.05, 0.1) is 6.61 Å². The van der Waals surface area contributed by atoms with Crippen molar-refractivity contribution in [1.82, 2.24) is 0 Å². The van der Waals surface area contributed by atoms with Crippen molar-refractivity contribution in [3.63, 3.8) is 0 Å². The van der Waals surface area contributed by atoms with Crippen molar-refractivity contribution in [2.24, 2.45) is 0 Å². The molecule has 1 fully saturated rings. The third kappa shape index (κ3) is 3.43. The van der Waals surface area contributed by atoms with Crippen LogP contribution in [0.5, 0.6) is 0 Å². The first-order chi connectivity index (χ1) is 10.5. The summed E-state index contributed by atoms with van der Waals surface area (Å²) in [6, 6.07) is 7.98. The minimum absolute atomic E-state index is 0.289. The Kier molecular flexibility index (Phi) is 5.46. The Morgan fingerprint density at radius 2 is 1.77 bits per heavy atom. The van der Waals surface area contributed by atoms with Crippen LogP contribution in [0.15, 0.2) is 30.3 Å². The minimum Gasteiger partial charge on any atom is -0.431 e. The molecule has 0 aromatic heterocycles. The normalized spacial score (nSPS) is 33.2. The van der Waals surface area contributed by atoms with E-state index >= 15 is 0 Å². The molecular weight excluding hydrogens is 296 g/mol. The van der Waals surface area contributed by atoms with Crippen LogP contribution in [0.3, 0.4) is 0 Å². The highest BCUT2D eigenvalue weighted by Gasteiger charge is 2.45. The topological polar surface area (TPSA) is 137 Å². The van der Waals surface area contributed by atoms with E-state index in [1.54, 1.807) is 18.2 Å². The molecule has 8 heteroatoms. The largest absolute Gasteiger partial charge is 0.431 e. The molecule has 1 aromatic rings. The molecule has 0 spiro atoms. The molecule has 6 atom stereocenters. The lowest BCUT2D eigenvalue weighted by atomic mass is 9.99. The van der Waals surface area contributed by atoms with Gasteiger partial charge in [0, 0.05) is 0 Å². The highest BCUT2D eigenvalue weighted by atomic mass is 16.7. The van der Waals surface area contributed by atoms with Crippen molar-refractivity contribution in [2.45, 2.75) is 36.8 Å². The molecule has 22 heavy (non-hydrogen) atoms. The molecule has 1 saturated heterocycles. The van der Waals surface area contributed by atoms with Crippen LogP contribution in [0.2, 0.25) is 0 Å². The fraction of sp³-hybridized carbons (Fsp3) is 0.500. The molecule has 122 valence electrons. The number of esters is 1. The molecule has 1 aliphatic rings. The first-order valence-corrected chi connectivity index (χ1v) is 6.69. The smallest absolute Gasteiger partial charge is 0.342 e. The van der Waals surface area contributed by atoms with Gasteiger partial charge < -0.3 is 35.0 Å². The van der Waals surface area contributed by atoms with E-state index < -0.39 is 49.4 Å². The third-order valence-corrected chi connectivity index (χ3v) is 3.42. The van der Waals surface area contributed by atoms with Crippen molar-refractivity contribution < 1.29 is 39.8 Å². The second-order valence-corrected chi connectivity index (χ2v) is 4.95. The Balaban J connectivity index is 2.04. The van der Waals surface area contributed by atoms with E-state index in [4.69, 9.17) is 14.6 Å². The molecule has 5 N–H and O–H groups in total. The molecule has 0 unspecified atom stereocenters. The van der Waals surface area contributed by atoms with Gasteiger partial charge in [-0.15, -0.1) is 0 Å². The summed E-state index contributed by atoms with van der Waals surface area (Å²) in [7, 11) is 0. The number of aliphatic hydroxyl groups is 5. The average Bonchev–Trinajstić information content (AvgIpc) is 2.55. The number of carbonyl (C=O) groups excluding carboxylic acids is 1. The van der Waals surface area contributed by atoms with Crippen LogP contribution < -0.4 is 0 Å². The summed E-state index contributed by atoms with van der Waals surface area (Å²) in [4.78, 5) is 11.9. The Hall–Kier alpha value is -1.55. The van der Waals surface area contributed by atoms with Crippen molar-refractivity contribution in [2.75, 3.05) is 6.61 Å². The molecule has 1 heterocycles. The molecular formula is C14H18O8. The van der Waals surface area contributed by atoms with Gasteiger partial charge in [-0.3, -0.25) is 0 Å². The van der Waals surface area contributed by atoms with E-state index in [0.29, 0.717) is 0 Å². The predicted molar refractivity (Wildman–Crippen MR) is 71.3 cm³/mol. The molecule has 1 aliphatic heterocycles. The number of ether oxygens (including phenoxy) is 2. The summed E-state index contributed by atoms with van der Waals surface area (Å²) in [5, 5.41) is 47.9. The van der Waals surface area contributed by atoms with Crippen molar-refractivity contribution >= 4 is 5.97 Å². The maximum atomic E-state index is 11.9. The number of aliphatic hydroxyl groups excluding tert-OH is 5. The minimum atomic E-state index is -1.70. The summed E-state index contributed by atoms with van der Waals surface area (Å²) in [6.07, 6.45) is -9.30. The van der Waals surface area contributed by atoms with E-state index in [0.717, 1.165) is 0 Å². The molecule has 8 nitrogen and oxygen atoms in total. The van der Waals surface area contributed by atoms with Gasteiger partial charge in [-0.1, -0.05) is 30.3 Å². The van der Waals surface area contributed by atoms with Crippen LogP contribution in [0.25, 0.3) is 0 Å². The van der Waals surface area contributed by atoms with Crippen LogP contribution in [0.4, 0.5) is 0 Å². The first-order valence-electron chi connectivity index (χ1n) is 6.69. The standard InChI is InChI=1S/C14H18O8/c15-6-8-10(17)11(18)12(19)14(21-8)22-13(20)9(16)7-4-2-1-3-5-7/h1-5,8-12,14-19H,6H2/t8-,9-,10-,11+,12-,14+/m1/s1. The zero-order valence-electron chi connectivity index (χ0n) is 11.5. The SMILES string of the molecule is O=C(O[C@@H]1O[C@H](CO)[C@@H](O)[C@H](O)[C@H]1O)[C@H](O)c1ccccc1. The van der Waals surface area contributed by atoms with Crippen molar-refractivity contribution in [3.05, 3.63) is 35.9 Å². The van der Waals surface area contributed by atoms with Gasteiger partial charge in [0.15, 0.2) is 6.10 Å². The molecule has 2 rings (SSSR count). The van der Waals surface area contributed by atoms with Gasteiger partial charge in [-0.2, -0.15) is 0 Å². The molecule has 0 radical (unpaired) electrons. The molecule has 0 bridgehead atoms. The lowest BCUT2D eigenvalue weighted by Crippen LogP contribution is -2.59. The second kappa shape index (κ2) is 7.14. The molecule has 0 aliphatic carbocycles. The molecule has 1 aromatic carbocycles. The average molecular weight is 314 g/mol. The Labute approximate surface area is 126 Å². The number of benzene rings is 1. The van der Waals surface area contributed by atoms with Crippen LogP contribution in [0, 0.1) is 0 Å². The van der Waals surface area contributed by atoms with E-state index in [1.165, 1.54) is 12.1 Å². The van der Waals surface area contributed by atoms with Crippen molar-refractivity contribution in [1.29, 1.82) is 0 Å². The van der Waals surface area contributed by atoms with Gasteiger partial charge in [0.1, 0.15) is 24.4 Å². The zero-order chi connectivity index (χ0) is 16.3. The van der Waals surface area contributed by atoms with Gasteiger partial charge >= 0.3 is 5.97 Å². The Bertz CT molecular complexity index is 491. The first kappa shape index (κ1) is 16.8. The summed E-state index contributed by atoms with van der Waals surface area (Å²) in [6.45, 7) is -0.639. The van der Waals surface area contributed by atoms with Gasteiger partial charge in [-0.25, -0.2) is 4.79 Å². The van der Waals surface area contributed by atoms with Crippen molar-refractivity contribution in [3.8, 4) is 0 Å². The molecule has 0 saturated carbocycles. The van der Waals surface area contributed by atoms with Gasteiger partial charge in [0.2, 0.25) is 6.29 Å². The molecule has 0 amide bonds. The number of carbonyl (C=O) groups is 1. The second-order valence-electron chi connectivity index (χ2n) is 4.95. The highest BCUT2D eigenvalue weighted by molar-refractivity contribution is 5.76. The summed E-state index contributed by atoms with van der Waals surface area (Å²) in [5.74, 6) is -1.09. The maximum absolute atomic E-state index is 11.9. The van der Waals surface area contributed by atoms with Crippen LogP contribution in [-0.2, 0) is 14.3 Å². The van der Waals surface area contributed by atoms with E-state index in [9.17, 15) is 25.2 Å². The Morgan fingerprint density at radius 3 is 2.36 bits per heavy atom. The van der Waals surface area contributed by atoms with Crippen LogP contribution in [0.1, 0.15) is 11.7 Å². The number of hydrogen-bond acceptors (Lipinski definition) is 8. The summed E-state index contributed by atoms with van der Waals surface area (Å²) >= 11 is 0. The summed E-state index contributed by atoms with van der Waals surface area (Å²) in [5.41, 5.74) is 0.289. The zero-order valence-corrected chi connectivity index (χ0v) is 11.5.